The third kappa shape index (κ3) is 2.54. The minimum atomic E-state index is -0.243. The maximum atomic E-state index is 11.9. The summed E-state index contributed by atoms with van der Waals surface area (Å²) >= 11 is 5.93. The Bertz CT molecular complexity index is 623. The zero-order chi connectivity index (χ0) is 13.1. The summed E-state index contributed by atoms with van der Waals surface area (Å²) in [5.74, 6) is 0.622. The minimum absolute atomic E-state index is 0.0704. The molecule has 94 valence electrons. The molecule has 2 aromatic rings. The van der Waals surface area contributed by atoms with Gasteiger partial charge in [-0.3, -0.25) is 4.79 Å². The Labute approximate surface area is 110 Å². The molecule has 0 radical (unpaired) electrons. The fraction of sp³-hybridized carbons (Fsp3) is 0.231. The molecule has 1 heterocycles. The molecule has 0 saturated heterocycles. The van der Waals surface area contributed by atoms with E-state index in [2.05, 4.69) is 4.98 Å². The number of ether oxygens (including phenoxy) is 1. The van der Waals surface area contributed by atoms with Crippen LogP contribution in [0, 0.1) is 6.92 Å². The van der Waals surface area contributed by atoms with Crippen molar-refractivity contribution in [2.45, 2.75) is 20.4 Å². The average molecular weight is 265 g/mol. The number of aryl methyl sites for hydroxylation is 2. The van der Waals surface area contributed by atoms with Crippen LogP contribution in [0.25, 0.3) is 0 Å². The summed E-state index contributed by atoms with van der Waals surface area (Å²) in [6.45, 7) is 4.34. The second-order valence-electron chi connectivity index (χ2n) is 3.84. The van der Waals surface area contributed by atoms with Gasteiger partial charge in [-0.25, -0.2) is 4.98 Å². The molecule has 18 heavy (non-hydrogen) atoms. The minimum Gasteiger partial charge on any atom is -0.435 e. The molecule has 0 fully saturated rings. The third-order valence-corrected chi connectivity index (χ3v) is 2.99. The van der Waals surface area contributed by atoms with Crippen LogP contribution >= 0.6 is 11.6 Å². The van der Waals surface area contributed by atoms with E-state index in [-0.39, 0.29) is 11.4 Å². The first-order valence-corrected chi connectivity index (χ1v) is 5.99. The van der Waals surface area contributed by atoms with Gasteiger partial charge in [0, 0.05) is 24.0 Å². The first kappa shape index (κ1) is 12.6. The summed E-state index contributed by atoms with van der Waals surface area (Å²) in [4.78, 5) is 15.9. The monoisotopic (exact) mass is 264 g/mol. The zero-order valence-electron chi connectivity index (χ0n) is 10.2. The van der Waals surface area contributed by atoms with Crippen LogP contribution in [0.15, 0.2) is 35.4 Å². The predicted octanol–water partition coefficient (Wildman–Crippen LogP) is 3.02. The van der Waals surface area contributed by atoms with Crippen molar-refractivity contribution in [2.75, 3.05) is 0 Å². The van der Waals surface area contributed by atoms with Crippen LogP contribution in [-0.4, -0.2) is 9.55 Å². The van der Waals surface area contributed by atoms with E-state index in [1.165, 1.54) is 4.57 Å². The Morgan fingerprint density at radius 3 is 2.89 bits per heavy atom. The Morgan fingerprint density at radius 2 is 2.22 bits per heavy atom. The zero-order valence-corrected chi connectivity index (χ0v) is 10.9. The number of benzene rings is 1. The topological polar surface area (TPSA) is 44.1 Å². The van der Waals surface area contributed by atoms with Crippen LogP contribution in [0.2, 0.25) is 5.02 Å². The molecular weight excluding hydrogens is 252 g/mol. The van der Waals surface area contributed by atoms with E-state index < -0.39 is 0 Å². The quantitative estimate of drug-likeness (QED) is 0.856. The van der Waals surface area contributed by atoms with Gasteiger partial charge in [-0.05, 0) is 37.6 Å². The highest BCUT2D eigenvalue weighted by molar-refractivity contribution is 6.31. The average Bonchev–Trinajstić information content (AvgIpc) is 2.36. The molecule has 0 saturated carbocycles. The summed E-state index contributed by atoms with van der Waals surface area (Å²) in [6.07, 6.45) is 3.17. The summed E-state index contributed by atoms with van der Waals surface area (Å²) in [5, 5.41) is 0.661. The highest BCUT2D eigenvalue weighted by atomic mass is 35.5. The van der Waals surface area contributed by atoms with Crippen molar-refractivity contribution in [3.63, 3.8) is 0 Å². The normalized spacial score (nSPS) is 10.4. The molecule has 0 N–H and O–H groups in total. The van der Waals surface area contributed by atoms with Gasteiger partial charge in [0.25, 0.3) is 5.88 Å². The van der Waals surface area contributed by atoms with Crippen molar-refractivity contribution in [3.8, 4) is 11.6 Å². The van der Waals surface area contributed by atoms with Crippen LogP contribution in [0.1, 0.15) is 12.5 Å². The lowest BCUT2D eigenvalue weighted by Crippen LogP contribution is -2.20. The van der Waals surface area contributed by atoms with Crippen LogP contribution < -0.4 is 10.3 Å². The van der Waals surface area contributed by atoms with Gasteiger partial charge < -0.3 is 9.30 Å². The molecular formula is C13H13ClN2O2. The van der Waals surface area contributed by atoms with Gasteiger partial charge in [0.15, 0.2) is 0 Å². The van der Waals surface area contributed by atoms with Gasteiger partial charge >= 0.3 is 5.56 Å². The molecule has 1 aromatic heterocycles. The van der Waals surface area contributed by atoms with Crippen molar-refractivity contribution in [1.29, 1.82) is 0 Å². The van der Waals surface area contributed by atoms with Crippen molar-refractivity contribution in [1.82, 2.24) is 9.55 Å². The molecule has 2 rings (SSSR count). The maximum Gasteiger partial charge on any atom is 0.313 e. The Hall–Kier alpha value is -1.81. The van der Waals surface area contributed by atoms with Crippen molar-refractivity contribution in [3.05, 3.63) is 51.5 Å². The van der Waals surface area contributed by atoms with Crippen molar-refractivity contribution < 1.29 is 4.74 Å². The molecule has 0 spiro atoms. The molecule has 0 aliphatic carbocycles. The van der Waals surface area contributed by atoms with Crippen LogP contribution in [0.4, 0.5) is 0 Å². The molecule has 5 heteroatoms. The van der Waals surface area contributed by atoms with Crippen LogP contribution in [0.5, 0.6) is 11.6 Å². The number of hydrogen-bond donors (Lipinski definition) is 0. The van der Waals surface area contributed by atoms with Gasteiger partial charge in [-0.2, -0.15) is 0 Å². The third-order valence-electron chi connectivity index (χ3n) is 2.57. The fourth-order valence-electron chi connectivity index (χ4n) is 1.54. The van der Waals surface area contributed by atoms with E-state index in [9.17, 15) is 4.79 Å². The lowest BCUT2D eigenvalue weighted by Gasteiger charge is -2.07. The number of rotatable bonds is 3. The number of nitrogens with zero attached hydrogens (tertiary/aromatic N) is 2. The second kappa shape index (κ2) is 5.23. The lowest BCUT2D eigenvalue weighted by molar-refractivity contribution is 0.445. The largest absolute Gasteiger partial charge is 0.435 e. The highest BCUT2D eigenvalue weighted by Gasteiger charge is 2.07. The van der Waals surface area contributed by atoms with Gasteiger partial charge in [0.2, 0.25) is 0 Å². The fourth-order valence-corrected chi connectivity index (χ4v) is 1.66. The summed E-state index contributed by atoms with van der Waals surface area (Å²) in [7, 11) is 0. The Kier molecular flexibility index (Phi) is 3.67. The van der Waals surface area contributed by atoms with E-state index in [1.54, 1.807) is 30.6 Å². The number of halogens is 1. The van der Waals surface area contributed by atoms with Gasteiger partial charge in [0.1, 0.15) is 5.75 Å². The Balaban J connectivity index is 2.34. The molecule has 0 aliphatic rings. The SMILES string of the molecule is CCn1ccnc(Oc2ccc(Cl)c(C)c2)c1=O. The van der Waals surface area contributed by atoms with Crippen molar-refractivity contribution >= 4 is 11.6 Å². The predicted molar refractivity (Wildman–Crippen MR) is 70.4 cm³/mol. The molecule has 1 aromatic carbocycles. The van der Waals surface area contributed by atoms with E-state index in [0.29, 0.717) is 17.3 Å². The summed E-state index contributed by atoms with van der Waals surface area (Å²) in [6, 6.07) is 5.21. The van der Waals surface area contributed by atoms with Gasteiger partial charge in [-0.1, -0.05) is 11.6 Å². The van der Waals surface area contributed by atoms with E-state index in [1.807, 2.05) is 13.8 Å². The van der Waals surface area contributed by atoms with Crippen molar-refractivity contribution in [2.24, 2.45) is 0 Å². The van der Waals surface area contributed by atoms with Crippen LogP contribution in [0.3, 0.4) is 0 Å². The lowest BCUT2D eigenvalue weighted by atomic mass is 10.2. The van der Waals surface area contributed by atoms with E-state index >= 15 is 0 Å². The molecule has 0 atom stereocenters. The highest BCUT2D eigenvalue weighted by Crippen LogP contribution is 2.23. The molecule has 0 amide bonds. The first-order valence-electron chi connectivity index (χ1n) is 5.61. The van der Waals surface area contributed by atoms with Gasteiger partial charge in [-0.15, -0.1) is 0 Å². The first-order chi connectivity index (χ1) is 8.61. The molecule has 0 aliphatic heterocycles. The standard InChI is InChI=1S/C13H13ClN2O2/c1-3-16-7-6-15-12(13(16)17)18-10-4-5-11(14)9(2)8-10/h4-8H,3H2,1-2H3. The van der Waals surface area contributed by atoms with Gasteiger partial charge in [0.05, 0.1) is 0 Å². The summed E-state index contributed by atoms with van der Waals surface area (Å²) < 4.78 is 7.02. The molecule has 4 nitrogen and oxygen atoms in total. The smallest absolute Gasteiger partial charge is 0.313 e. The van der Waals surface area contributed by atoms with E-state index in [0.717, 1.165) is 5.56 Å². The van der Waals surface area contributed by atoms with E-state index in [4.69, 9.17) is 16.3 Å². The maximum absolute atomic E-state index is 11.9. The number of aromatic nitrogens is 2. The Morgan fingerprint density at radius 1 is 1.44 bits per heavy atom. The molecule has 0 bridgehead atoms. The number of hydrogen-bond acceptors (Lipinski definition) is 3. The second-order valence-corrected chi connectivity index (χ2v) is 4.24. The van der Waals surface area contributed by atoms with Crippen LogP contribution in [-0.2, 0) is 6.54 Å². The molecule has 0 unspecified atom stereocenters. The summed E-state index contributed by atoms with van der Waals surface area (Å²) in [5.41, 5.74) is 0.647.